The summed E-state index contributed by atoms with van der Waals surface area (Å²) in [5.74, 6) is 0. The molecule has 0 unspecified atom stereocenters. The summed E-state index contributed by atoms with van der Waals surface area (Å²) in [6.07, 6.45) is 0.729. The summed E-state index contributed by atoms with van der Waals surface area (Å²) in [4.78, 5) is 10.0. The lowest BCUT2D eigenvalue weighted by Crippen LogP contribution is -1.95. The number of nitrogens with zero attached hydrogens (tertiary/aromatic N) is 2. The van der Waals surface area contributed by atoms with Crippen LogP contribution in [0, 0.1) is 21.4 Å². The van der Waals surface area contributed by atoms with Gasteiger partial charge in [0.1, 0.15) is 11.6 Å². The highest BCUT2D eigenvalue weighted by atomic mass is 79.9. The Kier molecular flexibility index (Phi) is 3.20. The molecule has 72 valence electrons. The second kappa shape index (κ2) is 4.20. The Balaban J connectivity index is 3.41. The third kappa shape index (κ3) is 1.91. The molecular weight excluding hydrogens is 248 g/mol. The van der Waals surface area contributed by atoms with Crippen LogP contribution < -0.4 is 0 Å². The van der Waals surface area contributed by atoms with E-state index in [0.29, 0.717) is 4.47 Å². The van der Waals surface area contributed by atoms with Crippen molar-refractivity contribution in [3.05, 3.63) is 37.8 Å². The minimum absolute atomic E-state index is 0.107. The van der Waals surface area contributed by atoms with Crippen molar-refractivity contribution < 1.29 is 4.92 Å². The molecule has 0 aromatic heterocycles. The maximum atomic E-state index is 10.6. The van der Waals surface area contributed by atoms with Gasteiger partial charge in [0.2, 0.25) is 0 Å². The first-order valence-electron chi connectivity index (χ1n) is 3.97. The van der Waals surface area contributed by atoms with Gasteiger partial charge in [-0.3, -0.25) is 10.1 Å². The monoisotopic (exact) mass is 254 g/mol. The molecule has 0 heterocycles. The van der Waals surface area contributed by atoms with Gasteiger partial charge in [0, 0.05) is 10.5 Å². The smallest absolute Gasteiger partial charge is 0.258 e. The molecule has 0 saturated carbocycles. The van der Waals surface area contributed by atoms with E-state index >= 15 is 0 Å². The number of benzene rings is 1. The molecule has 0 saturated heterocycles. The van der Waals surface area contributed by atoms with Crippen molar-refractivity contribution in [1.82, 2.24) is 0 Å². The third-order valence-electron chi connectivity index (χ3n) is 1.86. The molecule has 1 aromatic carbocycles. The van der Waals surface area contributed by atoms with E-state index < -0.39 is 4.92 Å². The van der Waals surface area contributed by atoms with Gasteiger partial charge in [-0.2, -0.15) is 5.26 Å². The van der Waals surface area contributed by atoms with Gasteiger partial charge in [-0.05, 0) is 18.1 Å². The largest absolute Gasteiger partial charge is 0.288 e. The van der Waals surface area contributed by atoms with Crippen LogP contribution in [0.1, 0.15) is 18.1 Å². The first kappa shape index (κ1) is 10.7. The first-order chi connectivity index (χ1) is 6.60. The Labute approximate surface area is 89.4 Å². The molecule has 0 radical (unpaired) electrons. The minimum atomic E-state index is -0.553. The molecule has 4 nitrogen and oxygen atoms in total. The van der Waals surface area contributed by atoms with E-state index in [-0.39, 0.29) is 11.3 Å². The summed E-state index contributed by atoms with van der Waals surface area (Å²) >= 11 is 3.23. The Morgan fingerprint density at radius 1 is 1.64 bits per heavy atom. The Hall–Kier alpha value is -1.41. The van der Waals surface area contributed by atoms with Crippen molar-refractivity contribution in [2.45, 2.75) is 13.3 Å². The molecule has 0 bridgehead atoms. The number of aryl methyl sites for hydroxylation is 1. The fourth-order valence-electron chi connectivity index (χ4n) is 1.12. The minimum Gasteiger partial charge on any atom is -0.258 e. The first-order valence-corrected chi connectivity index (χ1v) is 4.76. The zero-order valence-corrected chi connectivity index (χ0v) is 9.04. The molecule has 14 heavy (non-hydrogen) atoms. The third-order valence-corrected chi connectivity index (χ3v) is 2.60. The zero-order chi connectivity index (χ0) is 10.7. The van der Waals surface area contributed by atoms with Crippen LogP contribution in [0.4, 0.5) is 5.69 Å². The van der Waals surface area contributed by atoms with Crippen LogP contribution in [0.3, 0.4) is 0 Å². The predicted octanol–water partition coefficient (Wildman–Crippen LogP) is 2.79. The van der Waals surface area contributed by atoms with Crippen molar-refractivity contribution in [3.8, 4) is 6.07 Å². The van der Waals surface area contributed by atoms with E-state index in [1.54, 1.807) is 6.07 Å². The van der Waals surface area contributed by atoms with Crippen LogP contribution in [-0.4, -0.2) is 4.92 Å². The Bertz CT molecular complexity index is 424. The molecular formula is C9H7BrN2O2. The molecule has 0 fully saturated rings. The fourth-order valence-corrected chi connectivity index (χ4v) is 1.73. The molecule has 0 aliphatic heterocycles. The summed E-state index contributed by atoms with van der Waals surface area (Å²) in [5.41, 5.74) is 0.846. The fraction of sp³-hybridized carbons (Fsp3) is 0.222. The van der Waals surface area contributed by atoms with Crippen LogP contribution in [0.5, 0.6) is 0 Å². The standard InChI is InChI=1S/C9H7BrN2O2/c1-2-6-3-7(5-11)9(12(13)14)4-8(6)10/h3-4H,2H2,1H3. The normalized spacial score (nSPS) is 9.50. The Morgan fingerprint density at radius 2 is 2.29 bits per heavy atom. The summed E-state index contributed by atoms with van der Waals surface area (Å²) < 4.78 is 0.672. The van der Waals surface area contributed by atoms with Gasteiger partial charge >= 0.3 is 0 Å². The molecule has 0 spiro atoms. The van der Waals surface area contributed by atoms with Gasteiger partial charge < -0.3 is 0 Å². The molecule has 0 aliphatic rings. The topological polar surface area (TPSA) is 66.9 Å². The number of hydrogen-bond acceptors (Lipinski definition) is 3. The van der Waals surface area contributed by atoms with Crippen molar-refractivity contribution >= 4 is 21.6 Å². The second-order valence-corrected chi connectivity index (χ2v) is 3.54. The number of nitriles is 1. The second-order valence-electron chi connectivity index (χ2n) is 2.68. The maximum Gasteiger partial charge on any atom is 0.288 e. The van der Waals surface area contributed by atoms with E-state index in [2.05, 4.69) is 15.9 Å². The number of rotatable bonds is 2. The van der Waals surface area contributed by atoms with Gasteiger partial charge in [-0.25, -0.2) is 0 Å². The van der Waals surface area contributed by atoms with Gasteiger partial charge in [0.25, 0.3) is 5.69 Å². The number of halogens is 1. The van der Waals surface area contributed by atoms with Crippen molar-refractivity contribution in [1.29, 1.82) is 5.26 Å². The number of nitro benzene ring substituents is 1. The van der Waals surface area contributed by atoms with E-state index in [1.165, 1.54) is 6.07 Å². The summed E-state index contributed by atoms with van der Waals surface area (Å²) in [6.45, 7) is 1.92. The highest BCUT2D eigenvalue weighted by molar-refractivity contribution is 9.10. The SMILES string of the molecule is CCc1cc(C#N)c([N+](=O)[O-])cc1Br. The van der Waals surface area contributed by atoms with Crippen LogP contribution in [0.15, 0.2) is 16.6 Å². The highest BCUT2D eigenvalue weighted by Gasteiger charge is 2.15. The van der Waals surface area contributed by atoms with Gasteiger partial charge in [-0.15, -0.1) is 0 Å². The molecule has 0 aliphatic carbocycles. The maximum absolute atomic E-state index is 10.6. The molecule has 0 N–H and O–H groups in total. The molecule has 0 atom stereocenters. The highest BCUT2D eigenvalue weighted by Crippen LogP contribution is 2.27. The summed E-state index contributed by atoms with van der Waals surface area (Å²) in [7, 11) is 0. The van der Waals surface area contributed by atoms with E-state index in [9.17, 15) is 10.1 Å². The number of hydrogen-bond donors (Lipinski definition) is 0. The molecule has 1 rings (SSSR count). The summed E-state index contributed by atoms with van der Waals surface area (Å²) in [6, 6.07) is 4.73. The molecule has 1 aromatic rings. The van der Waals surface area contributed by atoms with Crippen molar-refractivity contribution in [3.63, 3.8) is 0 Å². The van der Waals surface area contributed by atoms with Crippen LogP contribution >= 0.6 is 15.9 Å². The van der Waals surface area contributed by atoms with Crippen molar-refractivity contribution in [2.24, 2.45) is 0 Å². The lowest BCUT2D eigenvalue weighted by atomic mass is 10.1. The average Bonchev–Trinajstić information content (AvgIpc) is 2.17. The van der Waals surface area contributed by atoms with Crippen LogP contribution in [0.2, 0.25) is 0 Å². The van der Waals surface area contributed by atoms with E-state index in [1.807, 2.05) is 13.0 Å². The average molecular weight is 255 g/mol. The quantitative estimate of drug-likeness (QED) is 0.602. The lowest BCUT2D eigenvalue weighted by molar-refractivity contribution is -0.385. The number of nitro groups is 1. The molecule has 0 amide bonds. The summed E-state index contributed by atoms with van der Waals surface area (Å²) in [5, 5.41) is 19.3. The van der Waals surface area contributed by atoms with Gasteiger partial charge in [0.15, 0.2) is 0 Å². The van der Waals surface area contributed by atoms with Crippen molar-refractivity contribution in [2.75, 3.05) is 0 Å². The Morgan fingerprint density at radius 3 is 2.71 bits per heavy atom. The zero-order valence-electron chi connectivity index (χ0n) is 7.45. The van der Waals surface area contributed by atoms with E-state index in [4.69, 9.17) is 5.26 Å². The van der Waals surface area contributed by atoms with E-state index in [0.717, 1.165) is 12.0 Å². The van der Waals surface area contributed by atoms with Gasteiger partial charge in [0.05, 0.1) is 4.92 Å². The van der Waals surface area contributed by atoms with Crippen LogP contribution in [0.25, 0.3) is 0 Å². The lowest BCUT2D eigenvalue weighted by Gasteiger charge is -2.02. The van der Waals surface area contributed by atoms with Crippen LogP contribution in [-0.2, 0) is 6.42 Å². The predicted molar refractivity (Wildman–Crippen MR) is 54.9 cm³/mol. The molecule has 5 heteroatoms. The van der Waals surface area contributed by atoms with Gasteiger partial charge in [-0.1, -0.05) is 22.9 Å².